The molecule has 0 fully saturated rings. The Balaban J connectivity index is 1.49. The zero-order valence-corrected chi connectivity index (χ0v) is 26.0. The van der Waals surface area contributed by atoms with E-state index in [4.69, 9.17) is 26.1 Å². The van der Waals surface area contributed by atoms with Crippen LogP contribution in [0.4, 0.5) is 5.69 Å². The molecular weight excluding hydrogens is 626 g/mol. The van der Waals surface area contributed by atoms with Gasteiger partial charge in [-0.2, -0.15) is 0 Å². The second-order valence-corrected chi connectivity index (χ2v) is 11.7. The van der Waals surface area contributed by atoms with Gasteiger partial charge >= 0.3 is 5.97 Å². The zero-order valence-electron chi connectivity index (χ0n) is 24.5. The molecule has 1 atom stereocenters. The lowest BCUT2D eigenvalue weighted by Crippen LogP contribution is -2.40. The predicted molar refractivity (Wildman–Crippen MR) is 176 cm³/mol. The summed E-state index contributed by atoms with van der Waals surface area (Å²) >= 11 is 7.56. The molecule has 1 aromatic heterocycles. The number of rotatable bonds is 9. The Morgan fingerprint density at radius 3 is 2.39 bits per heavy atom. The number of fused-ring (bicyclic) bond motifs is 1. The monoisotopic (exact) mass is 651 g/mol. The van der Waals surface area contributed by atoms with Gasteiger partial charge in [0, 0.05) is 28.3 Å². The number of halogens is 1. The molecule has 0 saturated heterocycles. The van der Waals surface area contributed by atoms with E-state index < -0.39 is 16.9 Å². The highest BCUT2D eigenvalue weighted by atomic mass is 35.5. The van der Waals surface area contributed by atoms with Gasteiger partial charge in [-0.15, -0.1) is 0 Å². The number of nitrogens with zero attached hydrogens (tertiary/aromatic N) is 3. The van der Waals surface area contributed by atoms with Gasteiger partial charge in [0.2, 0.25) is 0 Å². The van der Waals surface area contributed by atoms with Crippen molar-refractivity contribution in [2.75, 3.05) is 6.61 Å². The number of non-ortho nitro benzene ring substituents is 1. The van der Waals surface area contributed by atoms with E-state index in [2.05, 4.69) is 0 Å². The van der Waals surface area contributed by atoms with Crippen molar-refractivity contribution in [2.45, 2.75) is 19.6 Å². The molecule has 0 aliphatic carbocycles. The first kappa shape index (κ1) is 30.7. The largest absolute Gasteiger partial charge is 0.488 e. The van der Waals surface area contributed by atoms with Crippen molar-refractivity contribution in [2.24, 2.45) is 4.99 Å². The summed E-state index contributed by atoms with van der Waals surface area (Å²) in [5.41, 5.74) is 3.10. The summed E-state index contributed by atoms with van der Waals surface area (Å²) in [5.74, 6) is -0.0876. The summed E-state index contributed by atoms with van der Waals surface area (Å²) in [7, 11) is 0. The standard InChI is InChI=1S/C35H26ClN3O6S/c1-2-44-34(41)30-31(23-9-5-3-6-10-23)37-35-38(32(30)24-11-7-4-8-12-24)33(40)29(46-35)20-25-19-26(36)15-18-28(25)45-21-22-13-16-27(17-14-22)39(42)43/h3-20,32H,2,21H2,1H3/b29-20-/t32-/m1/s1. The maximum atomic E-state index is 14.2. The van der Waals surface area contributed by atoms with Gasteiger partial charge < -0.3 is 9.47 Å². The summed E-state index contributed by atoms with van der Waals surface area (Å²) in [6.45, 7) is 2.03. The number of hydrogen-bond acceptors (Lipinski definition) is 8. The van der Waals surface area contributed by atoms with Crippen molar-refractivity contribution < 1.29 is 19.2 Å². The van der Waals surface area contributed by atoms with Gasteiger partial charge in [-0.3, -0.25) is 19.5 Å². The number of hydrogen-bond donors (Lipinski definition) is 0. The Labute approximate surface area is 272 Å². The smallest absolute Gasteiger partial charge is 0.338 e. The van der Waals surface area contributed by atoms with Crippen molar-refractivity contribution in [3.05, 3.63) is 166 Å². The van der Waals surface area contributed by atoms with E-state index in [0.29, 0.717) is 31.4 Å². The molecule has 4 aromatic carbocycles. The number of nitro groups is 1. The summed E-state index contributed by atoms with van der Waals surface area (Å²) in [6.07, 6.45) is 1.69. The molecule has 0 amide bonds. The average Bonchev–Trinajstić information content (AvgIpc) is 3.38. The molecule has 230 valence electrons. The Bertz CT molecular complexity index is 2140. The van der Waals surface area contributed by atoms with E-state index in [0.717, 1.165) is 16.7 Å². The summed E-state index contributed by atoms with van der Waals surface area (Å²) in [5, 5.41) is 11.5. The van der Waals surface area contributed by atoms with Gasteiger partial charge in [0.1, 0.15) is 12.4 Å². The van der Waals surface area contributed by atoms with Crippen molar-refractivity contribution in [3.63, 3.8) is 0 Å². The van der Waals surface area contributed by atoms with Crippen LogP contribution in [0.15, 0.2) is 118 Å². The number of carbonyl (C=O) groups excluding carboxylic acids is 1. The Morgan fingerprint density at radius 1 is 1.02 bits per heavy atom. The number of ether oxygens (including phenoxy) is 2. The zero-order chi connectivity index (χ0) is 32.2. The molecule has 1 aliphatic heterocycles. The van der Waals surface area contributed by atoms with Crippen molar-refractivity contribution in [1.82, 2.24) is 4.57 Å². The molecule has 0 saturated carbocycles. The van der Waals surface area contributed by atoms with Crippen LogP contribution < -0.4 is 19.6 Å². The van der Waals surface area contributed by atoms with E-state index in [1.165, 1.54) is 28.0 Å². The fourth-order valence-corrected chi connectivity index (χ4v) is 6.34. The number of esters is 1. The quantitative estimate of drug-likeness (QED) is 0.109. The van der Waals surface area contributed by atoms with E-state index >= 15 is 0 Å². The van der Waals surface area contributed by atoms with Crippen LogP contribution in [0.3, 0.4) is 0 Å². The predicted octanol–water partition coefficient (Wildman–Crippen LogP) is 6.08. The topological polar surface area (TPSA) is 113 Å². The van der Waals surface area contributed by atoms with E-state index in [-0.39, 0.29) is 30.0 Å². The van der Waals surface area contributed by atoms with Crippen LogP contribution in [-0.2, 0) is 16.1 Å². The minimum atomic E-state index is -0.786. The molecule has 0 spiro atoms. The second kappa shape index (κ2) is 13.4. The minimum absolute atomic E-state index is 0.0124. The Kier molecular flexibility index (Phi) is 8.91. The maximum absolute atomic E-state index is 14.2. The normalized spacial score (nSPS) is 14.4. The second-order valence-electron chi connectivity index (χ2n) is 10.2. The third-order valence-corrected chi connectivity index (χ3v) is 8.51. The van der Waals surface area contributed by atoms with Gasteiger partial charge in [0.25, 0.3) is 11.2 Å². The van der Waals surface area contributed by atoms with Crippen LogP contribution in [0, 0.1) is 10.1 Å². The van der Waals surface area contributed by atoms with Crippen LogP contribution in [0.1, 0.15) is 35.2 Å². The number of benzene rings is 4. The molecule has 0 bridgehead atoms. The molecule has 6 rings (SSSR count). The van der Waals surface area contributed by atoms with Crippen molar-refractivity contribution in [1.29, 1.82) is 0 Å². The van der Waals surface area contributed by atoms with Crippen molar-refractivity contribution >= 4 is 46.4 Å². The average molecular weight is 652 g/mol. The number of nitro benzene ring substituents is 1. The highest BCUT2D eigenvalue weighted by molar-refractivity contribution is 7.07. The fraction of sp³-hybridized carbons (Fsp3) is 0.114. The molecule has 11 heteroatoms. The minimum Gasteiger partial charge on any atom is -0.488 e. The van der Waals surface area contributed by atoms with Crippen LogP contribution in [0.2, 0.25) is 5.02 Å². The number of thiazole rings is 1. The molecule has 0 radical (unpaired) electrons. The van der Waals surface area contributed by atoms with Gasteiger partial charge in [0.15, 0.2) is 4.80 Å². The van der Waals surface area contributed by atoms with Crippen molar-refractivity contribution in [3.8, 4) is 5.75 Å². The highest BCUT2D eigenvalue weighted by Crippen LogP contribution is 2.35. The maximum Gasteiger partial charge on any atom is 0.338 e. The highest BCUT2D eigenvalue weighted by Gasteiger charge is 2.35. The third kappa shape index (κ3) is 6.26. The van der Waals surface area contributed by atoms with Crippen LogP contribution in [-0.4, -0.2) is 22.1 Å². The van der Waals surface area contributed by atoms with Crippen LogP contribution in [0.5, 0.6) is 5.75 Å². The summed E-state index contributed by atoms with van der Waals surface area (Å²) in [6, 6.07) is 29.1. The van der Waals surface area contributed by atoms with E-state index in [1.54, 1.807) is 43.3 Å². The first-order valence-electron chi connectivity index (χ1n) is 14.3. The first-order valence-corrected chi connectivity index (χ1v) is 15.5. The summed E-state index contributed by atoms with van der Waals surface area (Å²) < 4.78 is 13.5. The summed E-state index contributed by atoms with van der Waals surface area (Å²) in [4.78, 5) is 43.6. The molecular formula is C35H26ClN3O6S. The number of carbonyl (C=O) groups is 1. The van der Waals surface area contributed by atoms with Gasteiger partial charge in [-0.25, -0.2) is 9.79 Å². The third-order valence-electron chi connectivity index (χ3n) is 7.29. The number of aromatic nitrogens is 1. The van der Waals surface area contributed by atoms with Gasteiger partial charge in [-0.1, -0.05) is 83.6 Å². The van der Waals surface area contributed by atoms with Crippen LogP contribution in [0.25, 0.3) is 11.8 Å². The molecule has 2 heterocycles. The molecule has 1 aliphatic rings. The van der Waals surface area contributed by atoms with Gasteiger partial charge in [0.05, 0.1) is 33.4 Å². The lowest BCUT2D eigenvalue weighted by Gasteiger charge is -2.25. The SMILES string of the molecule is CCOC(=O)C1=C(c2ccccc2)N=c2s/c(=C\c3cc(Cl)ccc3OCc3ccc([N+](=O)[O-])cc3)c(=O)n2[C@@H]1c1ccccc1. The van der Waals surface area contributed by atoms with E-state index in [9.17, 15) is 19.7 Å². The molecule has 0 N–H and O–H groups in total. The Hall–Kier alpha value is -5.32. The van der Waals surface area contributed by atoms with E-state index in [1.807, 2.05) is 60.7 Å². The first-order chi connectivity index (χ1) is 22.3. The Morgan fingerprint density at radius 2 is 1.72 bits per heavy atom. The van der Waals surface area contributed by atoms with Gasteiger partial charge in [-0.05, 0) is 54.5 Å². The lowest BCUT2D eigenvalue weighted by atomic mass is 9.93. The fourth-order valence-electron chi connectivity index (χ4n) is 5.17. The molecule has 0 unspecified atom stereocenters. The molecule has 9 nitrogen and oxygen atoms in total. The lowest BCUT2D eigenvalue weighted by molar-refractivity contribution is -0.384. The van der Waals surface area contributed by atoms with Crippen LogP contribution >= 0.6 is 22.9 Å². The molecule has 5 aromatic rings. The molecule has 46 heavy (non-hydrogen) atoms.